The first-order chi connectivity index (χ1) is 4.81. The van der Waals surface area contributed by atoms with Gasteiger partial charge in [0, 0.05) is 18.3 Å². The molecule has 0 fully saturated rings. The topological polar surface area (TPSA) is 12.0 Å². The van der Waals surface area contributed by atoms with E-state index >= 15 is 0 Å². The van der Waals surface area contributed by atoms with Gasteiger partial charge in [-0.25, -0.2) is 0 Å². The highest BCUT2D eigenvalue weighted by atomic mass is 32.2. The molecule has 1 N–H and O–H groups in total. The standard InChI is InChI=1S/C8H17NS/c1-4-6-9-7-8(3)10-5-2/h4,8-9H,1,5-7H2,2-3H3. The average Bonchev–Trinajstić information content (AvgIpc) is 1.89. The van der Waals surface area contributed by atoms with E-state index in [0.717, 1.165) is 18.3 Å². The van der Waals surface area contributed by atoms with E-state index < -0.39 is 0 Å². The lowest BCUT2D eigenvalue weighted by Gasteiger charge is -2.08. The summed E-state index contributed by atoms with van der Waals surface area (Å²) in [7, 11) is 0. The number of hydrogen-bond acceptors (Lipinski definition) is 2. The molecule has 1 atom stereocenters. The van der Waals surface area contributed by atoms with Crippen LogP contribution in [-0.4, -0.2) is 24.1 Å². The Morgan fingerprint density at radius 1 is 1.70 bits per heavy atom. The van der Waals surface area contributed by atoms with Gasteiger partial charge in [-0.3, -0.25) is 0 Å². The first-order valence-corrected chi connectivity index (χ1v) is 4.79. The molecular formula is C8H17NS. The first-order valence-electron chi connectivity index (χ1n) is 3.74. The number of thioether (sulfide) groups is 1. The number of rotatable bonds is 6. The fourth-order valence-corrected chi connectivity index (χ4v) is 1.54. The highest BCUT2D eigenvalue weighted by Crippen LogP contribution is 2.07. The van der Waals surface area contributed by atoms with Gasteiger partial charge in [-0.2, -0.15) is 11.8 Å². The maximum absolute atomic E-state index is 3.63. The summed E-state index contributed by atoms with van der Waals surface area (Å²) >= 11 is 1.98. The van der Waals surface area contributed by atoms with E-state index in [1.54, 1.807) is 0 Å². The molecule has 0 saturated heterocycles. The van der Waals surface area contributed by atoms with Crippen LogP contribution in [0, 0.1) is 0 Å². The molecule has 0 aromatic heterocycles. The van der Waals surface area contributed by atoms with Crippen molar-refractivity contribution in [2.45, 2.75) is 19.1 Å². The summed E-state index contributed by atoms with van der Waals surface area (Å²) in [4.78, 5) is 0. The fraction of sp³-hybridized carbons (Fsp3) is 0.750. The van der Waals surface area contributed by atoms with Crippen molar-refractivity contribution in [1.82, 2.24) is 5.32 Å². The maximum Gasteiger partial charge on any atom is 0.0144 e. The lowest BCUT2D eigenvalue weighted by atomic mass is 10.4. The monoisotopic (exact) mass is 159 g/mol. The molecule has 1 nitrogen and oxygen atoms in total. The van der Waals surface area contributed by atoms with Gasteiger partial charge in [0.15, 0.2) is 0 Å². The Morgan fingerprint density at radius 2 is 2.40 bits per heavy atom. The fourth-order valence-electron chi connectivity index (χ4n) is 0.732. The highest BCUT2D eigenvalue weighted by molar-refractivity contribution is 7.99. The summed E-state index contributed by atoms with van der Waals surface area (Å²) in [5.41, 5.74) is 0. The minimum absolute atomic E-state index is 0.727. The molecule has 0 radical (unpaired) electrons. The van der Waals surface area contributed by atoms with Crippen LogP contribution in [0.5, 0.6) is 0 Å². The molecular weight excluding hydrogens is 142 g/mol. The van der Waals surface area contributed by atoms with Crippen LogP contribution in [0.15, 0.2) is 12.7 Å². The molecule has 2 heteroatoms. The van der Waals surface area contributed by atoms with Crippen molar-refractivity contribution in [2.24, 2.45) is 0 Å². The van der Waals surface area contributed by atoms with Crippen molar-refractivity contribution in [1.29, 1.82) is 0 Å². The highest BCUT2D eigenvalue weighted by Gasteiger charge is 1.97. The van der Waals surface area contributed by atoms with Gasteiger partial charge < -0.3 is 5.32 Å². The molecule has 10 heavy (non-hydrogen) atoms. The van der Waals surface area contributed by atoms with Crippen molar-refractivity contribution in [3.63, 3.8) is 0 Å². The van der Waals surface area contributed by atoms with Crippen LogP contribution in [0.4, 0.5) is 0 Å². The zero-order chi connectivity index (χ0) is 7.82. The molecule has 0 aromatic carbocycles. The SMILES string of the molecule is C=CCNCC(C)SCC. The van der Waals surface area contributed by atoms with E-state index in [1.165, 1.54) is 5.75 Å². The van der Waals surface area contributed by atoms with Crippen LogP contribution >= 0.6 is 11.8 Å². The summed E-state index contributed by atoms with van der Waals surface area (Å²) in [5.74, 6) is 1.21. The molecule has 0 rings (SSSR count). The molecule has 0 aliphatic carbocycles. The molecule has 0 saturated carbocycles. The van der Waals surface area contributed by atoms with E-state index in [-0.39, 0.29) is 0 Å². The predicted octanol–water partition coefficient (Wildman–Crippen LogP) is 1.90. The first kappa shape index (κ1) is 10.0. The Balaban J connectivity index is 3.04. The van der Waals surface area contributed by atoms with Crippen LogP contribution in [0.2, 0.25) is 0 Å². The van der Waals surface area contributed by atoms with Gasteiger partial charge in [0.05, 0.1) is 0 Å². The predicted molar refractivity (Wildman–Crippen MR) is 50.7 cm³/mol. The molecule has 0 aliphatic heterocycles. The summed E-state index contributed by atoms with van der Waals surface area (Å²) in [6, 6.07) is 0. The van der Waals surface area contributed by atoms with Gasteiger partial charge in [0.1, 0.15) is 0 Å². The van der Waals surface area contributed by atoms with E-state index in [1.807, 2.05) is 17.8 Å². The van der Waals surface area contributed by atoms with Gasteiger partial charge in [-0.05, 0) is 5.75 Å². The second kappa shape index (κ2) is 7.16. The molecule has 0 spiro atoms. The molecule has 0 bridgehead atoms. The smallest absolute Gasteiger partial charge is 0.0144 e. The van der Waals surface area contributed by atoms with Crippen molar-refractivity contribution in [3.8, 4) is 0 Å². The molecule has 1 unspecified atom stereocenters. The largest absolute Gasteiger partial charge is 0.312 e. The third kappa shape index (κ3) is 6.17. The van der Waals surface area contributed by atoms with Crippen LogP contribution in [-0.2, 0) is 0 Å². The molecule has 60 valence electrons. The quantitative estimate of drug-likeness (QED) is 0.469. The summed E-state index contributed by atoms with van der Waals surface area (Å²) in [6.45, 7) is 10.1. The Hall–Kier alpha value is 0.0500. The third-order valence-electron chi connectivity index (χ3n) is 1.17. The van der Waals surface area contributed by atoms with Crippen LogP contribution < -0.4 is 5.32 Å². The molecule has 0 aromatic rings. The third-order valence-corrected chi connectivity index (χ3v) is 2.24. The Bertz CT molecular complexity index is 83.3. The van der Waals surface area contributed by atoms with Gasteiger partial charge in [0.25, 0.3) is 0 Å². The van der Waals surface area contributed by atoms with E-state index in [0.29, 0.717) is 0 Å². The van der Waals surface area contributed by atoms with Gasteiger partial charge in [0.2, 0.25) is 0 Å². The van der Waals surface area contributed by atoms with E-state index in [4.69, 9.17) is 0 Å². The van der Waals surface area contributed by atoms with Crippen molar-refractivity contribution < 1.29 is 0 Å². The normalized spacial score (nSPS) is 13.0. The van der Waals surface area contributed by atoms with Crippen LogP contribution in [0.3, 0.4) is 0 Å². The van der Waals surface area contributed by atoms with Crippen LogP contribution in [0.25, 0.3) is 0 Å². The minimum Gasteiger partial charge on any atom is -0.312 e. The molecule has 0 amide bonds. The number of nitrogens with one attached hydrogen (secondary N) is 1. The maximum atomic E-state index is 3.63. The summed E-state index contributed by atoms with van der Waals surface area (Å²) < 4.78 is 0. The zero-order valence-electron chi connectivity index (χ0n) is 6.89. The Labute approximate surface area is 68.3 Å². The average molecular weight is 159 g/mol. The second-order valence-electron chi connectivity index (χ2n) is 2.21. The van der Waals surface area contributed by atoms with Crippen molar-refractivity contribution >= 4 is 11.8 Å². The Kier molecular flexibility index (Phi) is 7.20. The van der Waals surface area contributed by atoms with Gasteiger partial charge >= 0.3 is 0 Å². The van der Waals surface area contributed by atoms with Crippen LogP contribution in [0.1, 0.15) is 13.8 Å². The summed E-state index contributed by atoms with van der Waals surface area (Å²) in [6.07, 6.45) is 1.89. The van der Waals surface area contributed by atoms with Crippen molar-refractivity contribution in [2.75, 3.05) is 18.8 Å². The van der Waals surface area contributed by atoms with E-state index in [9.17, 15) is 0 Å². The lowest BCUT2D eigenvalue weighted by molar-refractivity contribution is 0.740. The molecule has 0 heterocycles. The van der Waals surface area contributed by atoms with Gasteiger partial charge in [-0.1, -0.05) is 19.9 Å². The van der Waals surface area contributed by atoms with E-state index in [2.05, 4.69) is 25.7 Å². The minimum atomic E-state index is 0.727. The van der Waals surface area contributed by atoms with Gasteiger partial charge in [-0.15, -0.1) is 6.58 Å². The zero-order valence-corrected chi connectivity index (χ0v) is 7.71. The summed E-state index contributed by atoms with van der Waals surface area (Å²) in [5, 5.41) is 4.01. The Morgan fingerprint density at radius 3 is 2.90 bits per heavy atom. The molecule has 0 aliphatic rings. The van der Waals surface area contributed by atoms with Crippen molar-refractivity contribution in [3.05, 3.63) is 12.7 Å². The lowest BCUT2D eigenvalue weighted by Crippen LogP contribution is -2.22. The second-order valence-corrected chi connectivity index (χ2v) is 3.93. The number of hydrogen-bond donors (Lipinski definition) is 1.